The Bertz CT molecular complexity index is 646. The van der Waals surface area contributed by atoms with Gasteiger partial charge < -0.3 is 10.6 Å². The number of halogens is 1. The van der Waals surface area contributed by atoms with Crippen LogP contribution in [0, 0.1) is 0 Å². The molecule has 0 saturated carbocycles. The average Bonchev–Trinajstić information content (AvgIpc) is 2.43. The van der Waals surface area contributed by atoms with E-state index in [0.717, 1.165) is 33.4 Å². The molecule has 106 valence electrons. The lowest BCUT2D eigenvalue weighted by molar-refractivity contribution is 0.629. The van der Waals surface area contributed by atoms with Crippen LogP contribution in [0.1, 0.15) is 13.8 Å². The fourth-order valence-corrected chi connectivity index (χ4v) is 4.14. The van der Waals surface area contributed by atoms with Crippen LogP contribution in [0.4, 0.5) is 11.4 Å². The SMILES string of the molecule is CC1SCCN(c2ccc(N)c3cc(Br)cnc23)C1C. The van der Waals surface area contributed by atoms with Crippen molar-refractivity contribution < 1.29 is 0 Å². The van der Waals surface area contributed by atoms with Gasteiger partial charge in [0, 0.05) is 45.3 Å². The summed E-state index contributed by atoms with van der Waals surface area (Å²) < 4.78 is 0.962. The summed E-state index contributed by atoms with van der Waals surface area (Å²) >= 11 is 5.51. The van der Waals surface area contributed by atoms with Gasteiger partial charge in [0.25, 0.3) is 0 Å². The Morgan fingerprint density at radius 3 is 3.00 bits per heavy atom. The molecule has 1 aliphatic heterocycles. The molecule has 1 aromatic heterocycles. The van der Waals surface area contributed by atoms with E-state index in [4.69, 9.17) is 5.73 Å². The van der Waals surface area contributed by atoms with Crippen LogP contribution in [0.25, 0.3) is 10.9 Å². The minimum Gasteiger partial charge on any atom is -0.398 e. The third-order valence-electron chi connectivity index (χ3n) is 4.02. The van der Waals surface area contributed by atoms with Crippen molar-refractivity contribution in [3.63, 3.8) is 0 Å². The molecular formula is C15H18BrN3S. The minimum atomic E-state index is 0.506. The molecule has 3 nitrogen and oxygen atoms in total. The lowest BCUT2D eigenvalue weighted by Crippen LogP contribution is -2.44. The molecule has 20 heavy (non-hydrogen) atoms. The number of nitrogen functional groups attached to an aromatic ring is 1. The van der Waals surface area contributed by atoms with Gasteiger partial charge in [0.1, 0.15) is 0 Å². The van der Waals surface area contributed by atoms with E-state index in [-0.39, 0.29) is 0 Å². The fraction of sp³-hybridized carbons (Fsp3) is 0.400. The van der Waals surface area contributed by atoms with E-state index >= 15 is 0 Å². The van der Waals surface area contributed by atoms with Crippen molar-refractivity contribution in [3.8, 4) is 0 Å². The molecule has 1 aliphatic rings. The topological polar surface area (TPSA) is 42.1 Å². The molecular weight excluding hydrogens is 334 g/mol. The zero-order chi connectivity index (χ0) is 14.3. The molecule has 0 amide bonds. The van der Waals surface area contributed by atoms with Crippen LogP contribution in [0.3, 0.4) is 0 Å². The first-order chi connectivity index (χ1) is 9.58. The van der Waals surface area contributed by atoms with Gasteiger partial charge in [-0.15, -0.1) is 0 Å². The summed E-state index contributed by atoms with van der Waals surface area (Å²) in [4.78, 5) is 7.06. The van der Waals surface area contributed by atoms with Crippen LogP contribution < -0.4 is 10.6 Å². The van der Waals surface area contributed by atoms with Crippen molar-refractivity contribution in [3.05, 3.63) is 28.9 Å². The second-order valence-electron chi connectivity index (χ2n) is 5.23. The fourth-order valence-electron chi connectivity index (χ4n) is 2.71. The highest BCUT2D eigenvalue weighted by atomic mass is 79.9. The molecule has 2 atom stereocenters. The molecule has 3 rings (SSSR count). The Kier molecular flexibility index (Phi) is 3.82. The average molecular weight is 352 g/mol. The summed E-state index contributed by atoms with van der Waals surface area (Å²) in [6, 6.07) is 6.66. The van der Waals surface area contributed by atoms with Crippen LogP contribution in [-0.4, -0.2) is 28.6 Å². The van der Waals surface area contributed by atoms with Crippen molar-refractivity contribution >= 4 is 50.0 Å². The smallest absolute Gasteiger partial charge is 0.0956 e. The van der Waals surface area contributed by atoms with Crippen molar-refractivity contribution in [2.24, 2.45) is 0 Å². The molecule has 0 radical (unpaired) electrons. The van der Waals surface area contributed by atoms with Gasteiger partial charge >= 0.3 is 0 Å². The van der Waals surface area contributed by atoms with E-state index in [2.05, 4.69) is 45.7 Å². The van der Waals surface area contributed by atoms with Crippen molar-refractivity contribution in [1.82, 2.24) is 4.98 Å². The van der Waals surface area contributed by atoms with Crippen LogP contribution in [0.2, 0.25) is 0 Å². The van der Waals surface area contributed by atoms with E-state index in [1.165, 1.54) is 5.69 Å². The highest BCUT2D eigenvalue weighted by Gasteiger charge is 2.26. The number of thioether (sulfide) groups is 1. The predicted octanol–water partition coefficient (Wildman–Crippen LogP) is 3.91. The van der Waals surface area contributed by atoms with Gasteiger partial charge in [0.15, 0.2) is 0 Å². The molecule has 1 fully saturated rings. The van der Waals surface area contributed by atoms with Crippen molar-refractivity contribution in [2.45, 2.75) is 25.1 Å². The number of anilines is 2. The Hall–Kier alpha value is -0.940. The highest BCUT2D eigenvalue weighted by Crippen LogP contribution is 2.35. The standard InChI is InChI=1S/C15H18BrN3S/c1-9-10(2)20-6-5-19(9)14-4-3-13(17)12-7-11(16)8-18-15(12)14/h3-4,7-10H,5-6,17H2,1-2H3. The maximum Gasteiger partial charge on any atom is 0.0956 e. The summed E-state index contributed by atoms with van der Waals surface area (Å²) in [5, 5.41) is 1.65. The molecule has 2 heterocycles. The number of hydrogen-bond acceptors (Lipinski definition) is 4. The van der Waals surface area contributed by atoms with Gasteiger partial charge in [0.05, 0.1) is 11.2 Å². The zero-order valence-corrected chi connectivity index (χ0v) is 14.0. The molecule has 0 aliphatic carbocycles. The monoisotopic (exact) mass is 351 g/mol. The number of hydrogen-bond donors (Lipinski definition) is 1. The van der Waals surface area contributed by atoms with Gasteiger partial charge in [-0.3, -0.25) is 4.98 Å². The van der Waals surface area contributed by atoms with Crippen molar-refractivity contribution in [2.75, 3.05) is 22.9 Å². The number of pyridine rings is 1. The molecule has 2 aromatic rings. The number of rotatable bonds is 1. The summed E-state index contributed by atoms with van der Waals surface area (Å²) in [5.74, 6) is 1.16. The Morgan fingerprint density at radius 2 is 2.20 bits per heavy atom. The van der Waals surface area contributed by atoms with Gasteiger partial charge in [0.2, 0.25) is 0 Å². The molecule has 2 N–H and O–H groups in total. The first-order valence-electron chi connectivity index (χ1n) is 6.80. The minimum absolute atomic E-state index is 0.506. The normalized spacial score (nSPS) is 23.2. The summed E-state index contributed by atoms with van der Waals surface area (Å²) in [5.41, 5.74) is 9.08. The number of benzene rings is 1. The molecule has 0 spiro atoms. The number of aromatic nitrogens is 1. The van der Waals surface area contributed by atoms with Gasteiger partial charge in [-0.25, -0.2) is 0 Å². The quantitative estimate of drug-likeness (QED) is 0.791. The maximum atomic E-state index is 6.10. The maximum absolute atomic E-state index is 6.10. The highest BCUT2D eigenvalue weighted by molar-refractivity contribution is 9.10. The van der Waals surface area contributed by atoms with Crippen LogP contribution in [0.15, 0.2) is 28.9 Å². The third kappa shape index (κ3) is 2.37. The molecule has 2 unspecified atom stereocenters. The summed E-state index contributed by atoms with van der Waals surface area (Å²) in [6.07, 6.45) is 1.85. The zero-order valence-electron chi connectivity index (χ0n) is 11.6. The molecule has 5 heteroatoms. The largest absolute Gasteiger partial charge is 0.398 e. The van der Waals surface area contributed by atoms with E-state index < -0.39 is 0 Å². The van der Waals surface area contributed by atoms with Gasteiger partial charge in [-0.1, -0.05) is 6.92 Å². The molecule has 0 bridgehead atoms. The van der Waals surface area contributed by atoms with E-state index in [1.807, 2.05) is 30.1 Å². The van der Waals surface area contributed by atoms with E-state index in [1.54, 1.807) is 0 Å². The summed E-state index contributed by atoms with van der Waals surface area (Å²) in [6.45, 7) is 5.65. The summed E-state index contributed by atoms with van der Waals surface area (Å²) in [7, 11) is 0. The van der Waals surface area contributed by atoms with Crippen LogP contribution >= 0.6 is 27.7 Å². The van der Waals surface area contributed by atoms with Crippen LogP contribution in [0.5, 0.6) is 0 Å². The predicted molar refractivity (Wildman–Crippen MR) is 92.6 cm³/mol. The van der Waals surface area contributed by atoms with Gasteiger partial charge in [-0.05, 0) is 41.1 Å². The van der Waals surface area contributed by atoms with E-state index in [0.29, 0.717) is 11.3 Å². The van der Waals surface area contributed by atoms with E-state index in [9.17, 15) is 0 Å². The van der Waals surface area contributed by atoms with Crippen LogP contribution in [-0.2, 0) is 0 Å². The lowest BCUT2D eigenvalue weighted by Gasteiger charge is -2.39. The first-order valence-corrected chi connectivity index (χ1v) is 8.64. The van der Waals surface area contributed by atoms with Gasteiger partial charge in [-0.2, -0.15) is 11.8 Å². The number of fused-ring (bicyclic) bond motifs is 1. The molecule has 1 saturated heterocycles. The number of nitrogens with two attached hydrogens (primary N) is 1. The molecule has 1 aromatic carbocycles. The second kappa shape index (κ2) is 5.45. The van der Waals surface area contributed by atoms with Crippen molar-refractivity contribution in [1.29, 1.82) is 0 Å². The number of nitrogens with zero attached hydrogens (tertiary/aromatic N) is 2. The Labute approximate surface area is 132 Å². The Morgan fingerprint density at radius 1 is 1.40 bits per heavy atom. The third-order valence-corrected chi connectivity index (χ3v) is 5.79. The lowest BCUT2D eigenvalue weighted by atomic mass is 10.1. The first kappa shape index (κ1) is 14.0. The second-order valence-corrected chi connectivity index (χ2v) is 7.63. The Balaban J connectivity index is 2.14.